The number of benzene rings is 9. The van der Waals surface area contributed by atoms with Crippen LogP contribution in [0, 0.1) is 27.7 Å². The Hall–Kier alpha value is -6.61. The molecule has 6 heteroatoms. The van der Waals surface area contributed by atoms with Crippen molar-refractivity contribution in [3.05, 3.63) is 203 Å². The van der Waals surface area contributed by atoms with Gasteiger partial charge in [-0.1, -0.05) is 165 Å². The van der Waals surface area contributed by atoms with E-state index in [0.717, 1.165) is 17.0 Å². The number of anilines is 6. The van der Waals surface area contributed by atoms with Crippen LogP contribution in [0.1, 0.15) is 101 Å². The van der Waals surface area contributed by atoms with Crippen LogP contribution in [0.3, 0.4) is 0 Å². The minimum atomic E-state index is -0.102. The maximum Gasteiger partial charge on any atom is 0.252 e. The molecule has 3 heterocycles. The number of rotatable bonds is 7. The number of thiophene rings is 1. The van der Waals surface area contributed by atoms with Crippen LogP contribution in [-0.2, 0) is 16.2 Å². The molecule has 2 aliphatic rings. The minimum Gasteiger partial charge on any atom is -0.483 e. The Bertz CT molecular complexity index is 3900. The molecule has 0 unspecified atom stereocenters. The molecule has 0 saturated heterocycles. The van der Waals surface area contributed by atoms with E-state index >= 15 is 0 Å². The van der Waals surface area contributed by atoms with Crippen molar-refractivity contribution in [2.75, 3.05) is 14.4 Å². The number of nitrogens with zero attached hydrogens (tertiary/aromatic N) is 2. The molecule has 77 heavy (non-hydrogen) atoms. The van der Waals surface area contributed by atoms with Gasteiger partial charge in [-0.2, -0.15) is 0 Å². The zero-order valence-corrected chi connectivity index (χ0v) is 49.9. The predicted molar refractivity (Wildman–Crippen MR) is 344 cm³/mol. The molecule has 0 amide bonds. The van der Waals surface area contributed by atoms with Crippen molar-refractivity contribution in [2.24, 2.45) is 0 Å². The molecule has 0 saturated carbocycles. The molecule has 2 aliphatic heterocycles. The first-order valence-electron chi connectivity index (χ1n) is 27.3. The summed E-state index contributed by atoms with van der Waals surface area (Å²) in [5.41, 5.74) is 27.1. The molecule has 10 aromatic rings. The number of ether oxygens (including phenoxy) is 1. The first-order valence-corrected chi connectivity index (χ1v) is 29.6. The number of alkyl halides is 1. The van der Waals surface area contributed by atoms with Gasteiger partial charge in [0.2, 0.25) is 0 Å². The van der Waals surface area contributed by atoms with Gasteiger partial charge in [-0.3, -0.25) is 0 Å². The fraction of sp³-hybridized carbons (Fsp3) is 0.239. The summed E-state index contributed by atoms with van der Waals surface area (Å²) in [7, 11) is 0. The second kappa shape index (κ2) is 18.8. The van der Waals surface area contributed by atoms with Crippen LogP contribution in [0.5, 0.6) is 5.75 Å². The predicted octanol–water partition coefficient (Wildman–Crippen LogP) is 19.0. The average Bonchev–Trinajstić information content (AvgIpc) is 3.89. The van der Waals surface area contributed by atoms with Gasteiger partial charge in [0.05, 0.1) is 5.69 Å². The lowest BCUT2D eigenvalue weighted by Gasteiger charge is -2.45. The zero-order valence-electron chi connectivity index (χ0n) is 47.0. The maximum atomic E-state index is 6.55. The smallest absolute Gasteiger partial charge is 0.252 e. The van der Waals surface area contributed by atoms with Crippen molar-refractivity contribution < 1.29 is 4.74 Å². The summed E-state index contributed by atoms with van der Waals surface area (Å²) in [5.74, 6) is 0.925. The number of halogens is 1. The fourth-order valence-electron chi connectivity index (χ4n) is 12.2. The third kappa shape index (κ3) is 8.98. The van der Waals surface area contributed by atoms with Crippen molar-refractivity contribution in [2.45, 2.75) is 106 Å². The summed E-state index contributed by atoms with van der Waals surface area (Å²) in [6, 6.07) is 63.5. The van der Waals surface area contributed by atoms with E-state index in [1.807, 2.05) is 11.3 Å². The van der Waals surface area contributed by atoms with Gasteiger partial charge in [-0.15, -0.1) is 11.3 Å². The monoisotopic (exact) mass is 1130 g/mol. The maximum absolute atomic E-state index is 6.55. The second-order valence-corrected chi connectivity index (χ2v) is 26.7. The van der Waals surface area contributed by atoms with E-state index in [-0.39, 0.29) is 23.0 Å². The van der Waals surface area contributed by atoms with E-state index < -0.39 is 0 Å². The third-order valence-electron chi connectivity index (χ3n) is 16.4. The van der Waals surface area contributed by atoms with E-state index in [4.69, 9.17) is 4.74 Å². The summed E-state index contributed by atoms with van der Waals surface area (Å²) in [4.78, 5) is 5.20. The zero-order chi connectivity index (χ0) is 54.0. The van der Waals surface area contributed by atoms with E-state index in [9.17, 15) is 0 Å². The van der Waals surface area contributed by atoms with Crippen LogP contribution >= 0.6 is 33.9 Å². The van der Waals surface area contributed by atoms with Crippen molar-refractivity contribution >= 4 is 111 Å². The van der Waals surface area contributed by atoms with Gasteiger partial charge in [0.25, 0.3) is 6.71 Å². The van der Waals surface area contributed by atoms with E-state index in [0.29, 0.717) is 4.61 Å². The van der Waals surface area contributed by atoms with Crippen LogP contribution in [0.4, 0.5) is 34.1 Å². The van der Waals surface area contributed by atoms with Crippen molar-refractivity contribution in [3.8, 4) is 39.1 Å². The van der Waals surface area contributed by atoms with Crippen molar-refractivity contribution in [1.82, 2.24) is 0 Å². The highest BCUT2D eigenvalue weighted by Gasteiger charge is 2.45. The first kappa shape index (κ1) is 51.2. The van der Waals surface area contributed by atoms with E-state index in [1.165, 1.54) is 132 Å². The molecule has 0 atom stereocenters. The van der Waals surface area contributed by atoms with Gasteiger partial charge < -0.3 is 14.5 Å². The van der Waals surface area contributed by atoms with Gasteiger partial charge in [-0.05, 0) is 216 Å². The molecular weight excluding hydrogens is 1070 g/mol. The Labute approximate surface area is 475 Å². The highest BCUT2D eigenvalue weighted by atomic mass is 127. The SMILES string of the molecule is Cc1cc2c3c(c1)N(c1c(C)cc(C(C)(C)C)cc1C)c1cc(C)c(OCI)cc1B3c1cc(-c3ccc4c(c3)sc3ccccc34)ccc1N2c1cc(-c2ccc(C(C)(C)C)cc2)cc(-c2ccc(C(C)(C)C)cc2)c1. The Morgan fingerprint density at radius 3 is 1.57 bits per heavy atom. The van der Waals surface area contributed by atoms with E-state index in [1.54, 1.807) is 0 Å². The van der Waals surface area contributed by atoms with Gasteiger partial charge in [-0.25, -0.2) is 0 Å². The molecule has 12 rings (SSSR count). The summed E-state index contributed by atoms with van der Waals surface area (Å²) in [6.07, 6.45) is 0. The average molecular weight is 1140 g/mol. The minimum absolute atomic E-state index is 0.00376. The molecule has 0 fully saturated rings. The quantitative estimate of drug-likeness (QED) is 0.0899. The second-order valence-electron chi connectivity index (χ2n) is 25.0. The van der Waals surface area contributed by atoms with Crippen LogP contribution in [0.2, 0.25) is 0 Å². The Morgan fingerprint density at radius 2 is 0.974 bits per heavy atom. The standard InChI is InChI=1S/C71H68BIN2OS/c1-42-30-62-67-63(31-42)75(68-44(3)32-54(33-45(68)4)71(11,12)13)61-34-43(2)64(76-41-73)40-59(61)72(67)58-38-48(49-22-28-57-56-16-14-15-17-65(56)77-66(57)39-49)23-29-60(58)74(62)55-36-50(46-18-24-52(25-19-46)69(5,6)7)35-51(37-55)47-20-26-53(27-21-47)70(8,9)10/h14-40H,41H2,1-13H3. The number of hydrogen-bond donors (Lipinski definition) is 0. The number of hydrogen-bond acceptors (Lipinski definition) is 4. The van der Waals surface area contributed by atoms with Crippen LogP contribution in [0.15, 0.2) is 164 Å². The summed E-state index contributed by atoms with van der Waals surface area (Å²) in [5, 5.41) is 2.63. The first-order chi connectivity index (χ1) is 36.6. The third-order valence-corrected chi connectivity index (χ3v) is 17.8. The van der Waals surface area contributed by atoms with Crippen LogP contribution < -0.4 is 30.9 Å². The largest absolute Gasteiger partial charge is 0.483 e. The molecule has 0 aliphatic carbocycles. The van der Waals surface area contributed by atoms with Gasteiger partial charge in [0.1, 0.15) is 10.4 Å². The summed E-state index contributed by atoms with van der Waals surface area (Å²) in [6.45, 7) is 29.7. The number of aryl methyl sites for hydroxylation is 4. The van der Waals surface area contributed by atoms with Gasteiger partial charge in [0.15, 0.2) is 0 Å². The highest BCUT2D eigenvalue weighted by molar-refractivity contribution is 14.1. The van der Waals surface area contributed by atoms with Crippen LogP contribution in [0.25, 0.3) is 53.6 Å². The molecule has 0 spiro atoms. The van der Waals surface area contributed by atoms with Crippen LogP contribution in [-0.4, -0.2) is 11.3 Å². The Kier molecular flexibility index (Phi) is 12.5. The molecule has 9 aromatic carbocycles. The molecule has 0 radical (unpaired) electrons. The van der Waals surface area contributed by atoms with Crippen molar-refractivity contribution in [3.63, 3.8) is 0 Å². The summed E-state index contributed by atoms with van der Waals surface area (Å²) >= 11 is 4.22. The lowest BCUT2D eigenvalue weighted by Crippen LogP contribution is -2.61. The molecule has 1 aromatic heterocycles. The molecule has 0 N–H and O–H groups in total. The Morgan fingerprint density at radius 1 is 0.442 bits per heavy atom. The molecule has 3 nitrogen and oxygen atoms in total. The van der Waals surface area contributed by atoms with Gasteiger partial charge >= 0.3 is 0 Å². The molecule has 0 bridgehead atoms. The normalized spacial score (nSPS) is 13.3. The van der Waals surface area contributed by atoms with E-state index in [2.05, 4.69) is 286 Å². The Balaban J connectivity index is 1.16. The summed E-state index contributed by atoms with van der Waals surface area (Å²) < 4.78 is 9.73. The van der Waals surface area contributed by atoms with Crippen molar-refractivity contribution in [1.29, 1.82) is 0 Å². The lowest BCUT2D eigenvalue weighted by atomic mass is 9.33. The highest BCUT2D eigenvalue weighted by Crippen LogP contribution is 2.49. The van der Waals surface area contributed by atoms with Gasteiger partial charge in [0, 0.05) is 48.6 Å². The number of fused-ring (bicyclic) bond motifs is 7. The fourth-order valence-corrected chi connectivity index (χ4v) is 13.7. The topological polar surface area (TPSA) is 15.7 Å². The molecular formula is C71H68BIN2OS. The molecule has 384 valence electrons. The lowest BCUT2D eigenvalue weighted by molar-refractivity contribution is 0.402.